The molecule has 1 amide bonds. The second-order valence-electron chi connectivity index (χ2n) is 6.04. The molecule has 0 radical (unpaired) electrons. The van der Waals surface area contributed by atoms with Gasteiger partial charge in [-0.15, -0.1) is 0 Å². The molecule has 140 valence electrons. The Labute approximate surface area is 154 Å². The summed E-state index contributed by atoms with van der Waals surface area (Å²) in [6, 6.07) is 9.55. The topological polar surface area (TPSA) is 86.6 Å². The number of nitrogens with one attached hydrogen (secondary N) is 2. The van der Waals surface area contributed by atoms with Crippen molar-refractivity contribution in [2.45, 2.75) is 13.0 Å². The number of hydrogen-bond acceptors (Lipinski definition) is 6. The molecule has 1 atom stereocenters. The van der Waals surface area contributed by atoms with Gasteiger partial charge in [0.1, 0.15) is 17.4 Å². The Kier molecular flexibility index (Phi) is 7.93. The standard InChI is InChI=1S/C19H26N4O3/c1-15(16-3-5-18(25-2)6-4-16)22-14-17(13-20)19(24)21-7-8-23-9-11-26-12-10-23/h3-6,14-15,22H,7-12H2,1-2H3,(H,21,24)/b17-14-. The number of ether oxygens (including phenoxy) is 2. The number of rotatable bonds is 8. The van der Waals surface area contributed by atoms with Crippen LogP contribution in [-0.2, 0) is 9.53 Å². The van der Waals surface area contributed by atoms with E-state index in [0.717, 1.165) is 44.2 Å². The Bertz CT molecular complexity index is 646. The lowest BCUT2D eigenvalue weighted by Crippen LogP contribution is -2.41. The zero-order valence-corrected chi connectivity index (χ0v) is 15.3. The molecule has 7 nitrogen and oxygen atoms in total. The van der Waals surface area contributed by atoms with Crippen LogP contribution in [0, 0.1) is 11.3 Å². The molecule has 1 aliphatic rings. The number of carbonyl (C=O) groups excluding carboxylic acids is 1. The summed E-state index contributed by atoms with van der Waals surface area (Å²) in [5.41, 5.74) is 1.10. The van der Waals surface area contributed by atoms with Crippen molar-refractivity contribution >= 4 is 5.91 Å². The highest BCUT2D eigenvalue weighted by atomic mass is 16.5. The van der Waals surface area contributed by atoms with E-state index >= 15 is 0 Å². The summed E-state index contributed by atoms with van der Waals surface area (Å²) in [4.78, 5) is 14.4. The molecule has 2 N–H and O–H groups in total. The number of methoxy groups -OCH3 is 1. The fourth-order valence-electron chi connectivity index (χ4n) is 2.59. The lowest BCUT2D eigenvalue weighted by molar-refractivity contribution is -0.117. The van der Waals surface area contributed by atoms with Crippen LogP contribution in [0.25, 0.3) is 0 Å². The molecule has 2 rings (SSSR count). The van der Waals surface area contributed by atoms with Gasteiger partial charge in [-0.3, -0.25) is 9.69 Å². The minimum absolute atomic E-state index is 0.0367. The van der Waals surface area contributed by atoms with E-state index < -0.39 is 0 Å². The van der Waals surface area contributed by atoms with Crippen LogP contribution in [0.5, 0.6) is 5.75 Å². The summed E-state index contributed by atoms with van der Waals surface area (Å²) >= 11 is 0. The van der Waals surface area contributed by atoms with Gasteiger partial charge < -0.3 is 20.1 Å². The molecule has 1 aromatic rings. The molecule has 1 unspecified atom stereocenters. The summed E-state index contributed by atoms with van der Waals surface area (Å²) in [5, 5.41) is 15.1. The molecule has 1 fully saturated rings. The van der Waals surface area contributed by atoms with E-state index in [4.69, 9.17) is 9.47 Å². The van der Waals surface area contributed by atoms with Crippen molar-refractivity contribution in [2.75, 3.05) is 46.5 Å². The average molecular weight is 358 g/mol. The van der Waals surface area contributed by atoms with Crippen LogP contribution < -0.4 is 15.4 Å². The van der Waals surface area contributed by atoms with Gasteiger partial charge in [0, 0.05) is 38.4 Å². The van der Waals surface area contributed by atoms with Crippen molar-refractivity contribution in [1.82, 2.24) is 15.5 Å². The van der Waals surface area contributed by atoms with Crippen molar-refractivity contribution in [3.8, 4) is 11.8 Å². The largest absolute Gasteiger partial charge is 0.497 e. The van der Waals surface area contributed by atoms with Gasteiger partial charge in [0.25, 0.3) is 5.91 Å². The number of morpholine rings is 1. The number of hydrogen-bond donors (Lipinski definition) is 2. The van der Waals surface area contributed by atoms with Crippen molar-refractivity contribution in [3.63, 3.8) is 0 Å². The first-order valence-corrected chi connectivity index (χ1v) is 8.72. The molecule has 0 saturated carbocycles. The molecule has 1 saturated heterocycles. The molecule has 26 heavy (non-hydrogen) atoms. The molecular weight excluding hydrogens is 332 g/mol. The highest BCUT2D eigenvalue weighted by Gasteiger charge is 2.12. The third-order valence-corrected chi connectivity index (χ3v) is 4.28. The number of amides is 1. The Balaban J connectivity index is 1.81. The van der Waals surface area contributed by atoms with Crippen molar-refractivity contribution < 1.29 is 14.3 Å². The normalized spacial score (nSPS) is 16.4. The van der Waals surface area contributed by atoms with Gasteiger partial charge >= 0.3 is 0 Å². The van der Waals surface area contributed by atoms with Crippen LogP contribution in [0.15, 0.2) is 36.0 Å². The number of nitrogens with zero attached hydrogens (tertiary/aromatic N) is 2. The molecule has 1 heterocycles. The Hall–Kier alpha value is -2.56. The number of benzene rings is 1. The fourth-order valence-corrected chi connectivity index (χ4v) is 2.59. The Morgan fingerprint density at radius 1 is 1.38 bits per heavy atom. The summed E-state index contributed by atoms with van der Waals surface area (Å²) in [5.74, 6) is 0.420. The third kappa shape index (κ3) is 6.06. The van der Waals surface area contributed by atoms with Crippen molar-refractivity contribution in [1.29, 1.82) is 5.26 Å². The SMILES string of the molecule is COc1ccc(C(C)N/C=C(/C#N)C(=O)NCCN2CCOCC2)cc1. The molecule has 1 aliphatic heterocycles. The lowest BCUT2D eigenvalue weighted by atomic mass is 10.1. The molecule has 0 aliphatic carbocycles. The van der Waals surface area contributed by atoms with Gasteiger partial charge in [-0.25, -0.2) is 0 Å². The highest BCUT2D eigenvalue weighted by molar-refractivity contribution is 5.97. The van der Waals surface area contributed by atoms with Gasteiger partial charge in [-0.05, 0) is 24.6 Å². The molecular formula is C19H26N4O3. The van der Waals surface area contributed by atoms with Crippen LogP contribution >= 0.6 is 0 Å². The zero-order chi connectivity index (χ0) is 18.8. The summed E-state index contributed by atoms with van der Waals surface area (Å²) in [6.07, 6.45) is 1.47. The zero-order valence-electron chi connectivity index (χ0n) is 15.3. The summed E-state index contributed by atoms with van der Waals surface area (Å²) in [6.45, 7) is 6.42. The number of carbonyl (C=O) groups is 1. The van der Waals surface area contributed by atoms with Crippen molar-refractivity contribution in [2.24, 2.45) is 0 Å². The summed E-state index contributed by atoms with van der Waals surface area (Å²) < 4.78 is 10.4. The molecule has 7 heteroatoms. The van der Waals surface area contributed by atoms with Crippen molar-refractivity contribution in [3.05, 3.63) is 41.6 Å². The maximum absolute atomic E-state index is 12.1. The van der Waals surface area contributed by atoms with Gasteiger partial charge in [-0.1, -0.05) is 12.1 Å². The maximum Gasteiger partial charge on any atom is 0.263 e. The first-order chi connectivity index (χ1) is 12.6. The predicted molar refractivity (Wildman–Crippen MR) is 98.5 cm³/mol. The van der Waals surface area contributed by atoms with Crippen LogP contribution in [0.1, 0.15) is 18.5 Å². The van der Waals surface area contributed by atoms with E-state index in [9.17, 15) is 10.1 Å². The first kappa shape index (κ1) is 19.8. The van der Waals surface area contributed by atoms with Gasteiger partial charge in [0.05, 0.1) is 20.3 Å². The van der Waals surface area contributed by atoms with E-state index in [-0.39, 0.29) is 17.5 Å². The Morgan fingerprint density at radius 2 is 2.08 bits per heavy atom. The van der Waals surface area contributed by atoms with E-state index in [1.807, 2.05) is 37.3 Å². The molecule has 1 aromatic carbocycles. The second kappa shape index (κ2) is 10.4. The van der Waals surface area contributed by atoms with E-state index in [1.54, 1.807) is 7.11 Å². The van der Waals surface area contributed by atoms with E-state index in [0.29, 0.717) is 6.54 Å². The number of nitriles is 1. The van der Waals surface area contributed by atoms with Crippen LogP contribution in [-0.4, -0.2) is 57.3 Å². The summed E-state index contributed by atoms with van der Waals surface area (Å²) in [7, 11) is 1.62. The monoisotopic (exact) mass is 358 g/mol. The van der Waals surface area contributed by atoms with E-state index in [2.05, 4.69) is 15.5 Å². The lowest BCUT2D eigenvalue weighted by Gasteiger charge is -2.26. The van der Waals surface area contributed by atoms with Crippen LogP contribution in [0.3, 0.4) is 0 Å². The van der Waals surface area contributed by atoms with E-state index in [1.165, 1.54) is 6.20 Å². The minimum atomic E-state index is -0.366. The maximum atomic E-state index is 12.1. The predicted octanol–water partition coefficient (Wildman–Crippen LogP) is 1.20. The second-order valence-corrected chi connectivity index (χ2v) is 6.04. The third-order valence-electron chi connectivity index (χ3n) is 4.28. The fraction of sp³-hybridized carbons (Fsp3) is 0.474. The van der Waals surface area contributed by atoms with Gasteiger partial charge in [-0.2, -0.15) is 5.26 Å². The molecule has 0 aromatic heterocycles. The Morgan fingerprint density at radius 3 is 2.69 bits per heavy atom. The highest BCUT2D eigenvalue weighted by Crippen LogP contribution is 2.17. The van der Waals surface area contributed by atoms with Gasteiger partial charge in [0.15, 0.2) is 0 Å². The van der Waals surface area contributed by atoms with Crippen LogP contribution in [0.4, 0.5) is 0 Å². The quantitative estimate of drug-likeness (QED) is 0.536. The van der Waals surface area contributed by atoms with Gasteiger partial charge in [0.2, 0.25) is 0 Å². The minimum Gasteiger partial charge on any atom is -0.497 e. The molecule has 0 bridgehead atoms. The first-order valence-electron chi connectivity index (χ1n) is 8.72. The molecule has 0 spiro atoms. The van der Waals surface area contributed by atoms with Crippen LogP contribution in [0.2, 0.25) is 0 Å². The average Bonchev–Trinajstić information content (AvgIpc) is 2.69. The smallest absolute Gasteiger partial charge is 0.263 e.